The van der Waals surface area contributed by atoms with Gasteiger partial charge in [-0.05, 0) is 34.7 Å². The average Bonchev–Trinajstić information content (AvgIpc) is 3.04. The third kappa shape index (κ3) is 3.18. The largest absolute Gasteiger partial charge is 0.489 e. The highest BCUT2D eigenvalue weighted by Gasteiger charge is 2.13. The van der Waals surface area contributed by atoms with Gasteiger partial charge >= 0.3 is 5.97 Å². The summed E-state index contributed by atoms with van der Waals surface area (Å²) in [6.45, 7) is 0.513. The van der Waals surface area contributed by atoms with Crippen molar-refractivity contribution in [2.24, 2.45) is 0 Å². The van der Waals surface area contributed by atoms with Gasteiger partial charge in [-0.25, -0.2) is 4.79 Å². The van der Waals surface area contributed by atoms with E-state index in [1.165, 1.54) is 11.3 Å². The van der Waals surface area contributed by atoms with E-state index < -0.39 is 5.97 Å². The molecule has 1 heterocycles. The highest BCUT2D eigenvalue weighted by atomic mass is 32.1. The molecule has 2 aromatic carbocycles. The zero-order valence-corrected chi connectivity index (χ0v) is 12.5. The van der Waals surface area contributed by atoms with Gasteiger partial charge < -0.3 is 9.84 Å². The lowest BCUT2D eigenvalue weighted by Crippen LogP contribution is -1.96. The molecule has 0 atom stereocenters. The smallest absolute Gasteiger partial charge is 0.346 e. The van der Waals surface area contributed by atoms with Crippen LogP contribution in [0.3, 0.4) is 0 Å². The van der Waals surface area contributed by atoms with Crippen molar-refractivity contribution in [1.82, 2.24) is 0 Å². The molecule has 22 heavy (non-hydrogen) atoms. The number of carboxylic acid groups (broad SMARTS) is 1. The third-order valence-electron chi connectivity index (χ3n) is 3.27. The van der Waals surface area contributed by atoms with Gasteiger partial charge in [0, 0.05) is 5.56 Å². The minimum absolute atomic E-state index is 0.359. The number of carbonyl (C=O) groups is 1. The normalized spacial score (nSPS) is 10.4. The lowest BCUT2D eigenvalue weighted by Gasteiger charge is -2.07. The summed E-state index contributed by atoms with van der Waals surface area (Å²) in [5.74, 6) is -0.130. The van der Waals surface area contributed by atoms with Crippen molar-refractivity contribution in [3.05, 3.63) is 76.5 Å². The molecule has 0 aliphatic rings. The van der Waals surface area contributed by atoms with Crippen molar-refractivity contribution >= 4 is 17.3 Å². The standard InChI is InChI=1S/C18H14O3S/c19-18(20)17-16(10-11-22-17)14-6-8-15(9-7-14)21-12-13-4-2-1-3-5-13/h1-11H,12H2,(H,19,20). The van der Waals surface area contributed by atoms with E-state index in [4.69, 9.17) is 9.84 Å². The Morgan fingerprint density at radius 1 is 1.00 bits per heavy atom. The van der Waals surface area contributed by atoms with Crippen LogP contribution in [0.15, 0.2) is 66.0 Å². The molecule has 0 saturated heterocycles. The summed E-state index contributed by atoms with van der Waals surface area (Å²) in [6, 6.07) is 19.3. The maximum absolute atomic E-state index is 11.2. The Hall–Kier alpha value is -2.59. The molecule has 1 N–H and O–H groups in total. The first-order chi connectivity index (χ1) is 10.7. The Morgan fingerprint density at radius 3 is 2.41 bits per heavy atom. The summed E-state index contributed by atoms with van der Waals surface area (Å²) in [4.78, 5) is 11.5. The second-order valence-electron chi connectivity index (χ2n) is 4.77. The van der Waals surface area contributed by atoms with Gasteiger partial charge in [0.1, 0.15) is 17.2 Å². The lowest BCUT2D eigenvalue weighted by atomic mass is 10.1. The fourth-order valence-corrected chi connectivity index (χ4v) is 2.93. The molecule has 0 aliphatic heterocycles. The summed E-state index contributed by atoms with van der Waals surface area (Å²) in [6.07, 6.45) is 0. The maximum atomic E-state index is 11.2. The number of hydrogen-bond donors (Lipinski definition) is 1. The first-order valence-corrected chi connectivity index (χ1v) is 7.70. The van der Waals surface area contributed by atoms with Gasteiger partial charge in [-0.2, -0.15) is 0 Å². The lowest BCUT2D eigenvalue weighted by molar-refractivity contribution is 0.0703. The molecule has 0 aliphatic carbocycles. The zero-order chi connectivity index (χ0) is 15.4. The van der Waals surface area contributed by atoms with Crippen molar-refractivity contribution in [3.8, 4) is 16.9 Å². The quantitative estimate of drug-likeness (QED) is 0.743. The number of thiophene rings is 1. The van der Waals surface area contributed by atoms with Crippen LogP contribution >= 0.6 is 11.3 Å². The molecular formula is C18H14O3S. The average molecular weight is 310 g/mol. The highest BCUT2D eigenvalue weighted by molar-refractivity contribution is 7.12. The van der Waals surface area contributed by atoms with Gasteiger partial charge in [-0.1, -0.05) is 42.5 Å². The second-order valence-corrected chi connectivity index (χ2v) is 5.68. The number of ether oxygens (including phenoxy) is 1. The topological polar surface area (TPSA) is 46.5 Å². The molecule has 0 unspecified atom stereocenters. The van der Waals surface area contributed by atoms with Crippen LogP contribution in [0.1, 0.15) is 15.2 Å². The predicted octanol–water partition coefficient (Wildman–Crippen LogP) is 4.69. The first kappa shape index (κ1) is 14.4. The molecule has 3 rings (SSSR count). The Kier molecular flexibility index (Phi) is 4.21. The summed E-state index contributed by atoms with van der Waals surface area (Å²) < 4.78 is 5.73. The van der Waals surface area contributed by atoms with E-state index in [9.17, 15) is 4.79 Å². The van der Waals surface area contributed by atoms with Crippen LogP contribution in [-0.2, 0) is 6.61 Å². The third-order valence-corrected chi connectivity index (χ3v) is 4.18. The minimum atomic E-state index is -0.894. The van der Waals surface area contributed by atoms with Crippen molar-refractivity contribution in [2.75, 3.05) is 0 Å². The van der Waals surface area contributed by atoms with Crippen molar-refractivity contribution < 1.29 is 14.6 Å². The van der Waals surface area contributed by atoms with E-state index in [2.05, 4.69) is 0 Å². The maximum Gasteiger partial charge on any atom is 0.346 e. The summed E-state index contributed by atoms with van der Waals surface area (Å²) in [5, 5.41) is 11.0. The number of aromatic carboxylic acids is 1. The molecule has 0 saturated carbocycles. The molecule has 110 valence electrons. The summed E-state index contributed by atoms with van der Waals surface area (Å²) in [7, 11) is 0. The van der Waals surface area contributed by atoms with Crippen LogP contribution in [0.5, 0.6) is 5.75 Å². The Balaban J connectivity index is 1.73. The van der Waals surface area contributed by atoms with E-state index in [1.54, 1.807) is 5.38 Å². The monoisotopic (exact) mass is 310 g/mol. The van der Waals surface area contributed by atoms with Gasteiger partial charge in [0.2, 0.25) is 0 Å². The first-order valence-electron chi connectivity index (χ1n) is 6.82. The van der Waals surface area contributed by atoms with Gasteiger partial charge in [-0.3, -0.25) is 0 Å². The molecule has 0 fully saturated rings. The van der Waals surface area contributed by atoms with E-state index in [0.29, 0.717) is 11.5 Å². The van der Waals surface area contributed by atoms with Crippen molar-refractivity contribution in [2.45, 2.75) is 6.61 Å². The molecule has 0 amide bonds. The number of rotatable bonds is 5. The summed E-state index contributed by atoms with van der Waals surface area (Å²) >= 11 is 1.23. The van der Waals surface area contributed by atoms with Crippen LogP contribution in [-0.4, -0.2) is 11.1 Å². The van der Waals surface area contributed by atoms with Gasteiger partial charge in [0.05, 0.1) is 0 Å². The SMILES string of the molecule is O=C(O)c1sccc1-c1ccc(OCc2ccccc2)cc1. The molecule has 1 aromatic heterocycles. The zero-order valence-electron chi connectivity index (χ0n) is 11.7. The molecule has 0 spiro atoms. The van der Waals surface area contributed by atoms with Crippen LogP contribution < -0.4 is 4.74 Å². The molecular weight excluding hydrogens is 296 g/mol. The number of carboxylic acids is 1. The van der Waals surface area contributed by atoms with Crippen molar-refractivity contribution in [3.63, 3.8) is 0 Å². The molecule has 3 nitrogen and oxygen atoms in total. The van der Waals surface area contributed by atoms with Gasteiger partial charge in [0.25, 0.3) is 0 Å². The van der Waals surface area contributed by atoms with E-state index >= 15 is 0 Å². The Bertz CT molecular complexity index is 761. The fourth-order valence-electron chi connectivity index (χ4n) is 2.17. The van der Waals surface area contributed by atoms with Gasteiger partial charge in [0.15, 0.2) is 0 Å². The Labute approximate surface area is 132 Å². The highest BCUT2D eigenvalue weighted by Crippen LogP contribution is 2.29. The van der Waals surface area contributed by atoms with Gasteiger partial charge in [-0.15, -0.1) is 11.3 Å². The van der Waals surface area contributed by atoms with E-state index in [-0.39, 0.29) is 0 Å². The number of benzene rings is 2. The van der Waals surface area contributed by atoms with Crippen LogP contribution in [0.4, 0.5) is 0 Å². The summed E-state index contributed by atoms with van der Waals surface area (Å²) in [5.41, 5.74) is 2.73. The van der Waals surface area contributed by atoms with E-state index in [1.807, 2.05) is 60.7 Å². The van der Waals surface area contributed by atoms with Crippen LogP contribution in [0.25, 0.3) is 11.1 Å². The van der Waals surface area contributed by atoms with Crippen LogP contribution in [0.2, 0.25) is 0 Å². The predicted molar refractivity (Wildman–Crippen MR) is 87.5 cm³/mol. The van der Waals surface area contributed by atoms with Crippen molar-refractivity contribution in [1.29, 1.82) is 0 Å². The van der Waals surface area contributed by atoms with E-state index in [0.717, 1.165) is 22.4 Å². The number of hydrogen-bond acceptors (Lipinski definition) is 3. The molecule has 0 radical (unpaired) electrons. The Morgan fingerprint density at radius 2 is 1.73 bits per heavy atom. The minimum Gasteiger partial charge on any atom is -0.489 e. The van der Waals surface area contributed by atoms with Crippen LogP contribution in [0, 0.1) is 0 Å². The molecule has 0 bridgehead atoms. The fraction of sp³-hybridized carbons (Fsp3) is 0.0556. The molecule has 4 heteroatoms. The second kappa shape index (κ2) is 6.45. The molecule has 3 aromatic rings.